The fraction of sp³-hybridized carbons (Fsp3) is 0.125. The van der Waals surface area contributed by atoms with Crippen LogP contribution in [0.5, 0.6) is 0 Å². The Hall–Kier alpha value is -1.61. The van der Waals surface area contributed by atoms with Gasteiger partial charge in [-0.2, -0.15) is 0 Å². The minimum absolute atomic E-state index is 0.0644. The van der Waals surface area contributed by atoms with Crippen LogP contribution in [0.4, 0.5) is 5.69 Å². The number of benzene rings is 2. The number of amides is 1. The molecule has 3 aromatic rings. The molecule has 9 heteroatoms. The topological polar surface area (TPSA) is 76.1 Å². The van der Waals surface area contributed by atoms with Gasteiger partial charge in [-0.1, -0.05) is 23.4 Å². The molecule has 0 aliphatic rings. The number of hydrogen-bond donors (Lipinski definition) is 1. The molecule has 25 heavy (non-hydrogen) atoms. The maximum atomic E-state index is 12.3. The van der Waals surface area contributed by atoms with Crippen molar-refractivity contribution in [2.75, 3.05) is 17.3 Å². The molecule has 0 radical (unpaired) electrons. The van der Waals surface area contributed by atoms with Gasteiger partial charge in [-0.15, -0.1) is 11.3 Å². The number of nitrogens with one attached hydrogen (secondary N) is 1. The molecular weight excluding hydrogens is 400 g/mol. The van der Waals surface area contributed by atoms with Crippen LogP contribution in [-0.2, 0) is 14.6 Å². The summed E-state index contributed by atoms with van der Waals surface area (Å²) in [6, 6.07) is 11.0. The molecule has 0 saturated carbocycles. The number of halogens is 1. The summed E-state index contributed by atoms with van der Waals surface area (Å²) in [4.78, 5) is 16.6. The van der Waals surface area contributed by atoms with E-state index in [2.05, 4.69) is 10.3 Å². The Balaban J connectivity index is 1.74. The zero-order valence-electron chi connectivity index (χ0n) is 13.0. The van der Waals surface area contributed by atoms with Gasteiger partial charge in [-0.3, -0.25) is 4.79 Å². The maximum absolute atomic E-state index is 12.3. The zero-order valence-corrected chi connectivity index (χ0v) is 16.2. The fourth-order valence-electron chi connectivity index (χ4n) is 2.16. The second-order valence-corrected chi connectivity index (χ2v) is 9.64. The number of aromatic nitrogens is 1. The molecule has 0 aliphatic heterocycles. The normalized spacial score (nSPS) is 11.6. The number of carbonyl (C=O) groups excluding carboxylic acids is 1. The van der Waals surface area contributed by atoms with E-state index in [1.165, 1.54) is 35.6 Å². The summed E-state index contributed by atoms with van der Waals surface area (Å²) in [6.45, 7) is 0. The van der Waals surface area contributed by atoms with E-state index in [9.17, 15) is 13.2 Å². The van der Waals surface area contributed by atoms with Crippen LogP contribution in [-0.4, -0.2) is 31.3 Å². The minimum Gasteiger partial charge on any atom is -0.325 e. The minimum atomic E-state index is -3.72. The molecule has 0 saturated heterocycles. The highest BCUT2D eigenvalue weighted by Crippen LogP contribution is 2.30. The van der Waals surface area contributed by atoms with Crippen molar-refractivity contribution in [2.45, 2.75) is 9.24 Å². The largest absolute Gasteiger partial charge is 0.325 e. The summed E-state index contributed by atoms with van der Waals surface area (Å²) >= 11 is 8.83. The first-order chi connectivity index (χ1) is 11.9. The fourth-order valence-corrected chi connectivity index (χ4v) is 4.95. The zero-order chi connectivity index (χ0) is 18.0. The second-order valence-electron chi connectivity index (χ2n) is 5.13. The lowest BCUT2D eigenvalue weighted by Crippen LogP contribution is -2.22. The highest BCUT2D eigenvalue weighted by Gasteiger charge is 2.19. The van der Waals surface area contributed by atoms with Crippen molar-refractivity contribution in [2.24, 2.45) is 0 Å². The summed E-state index contributed by atoms with van der Waals surface area (Å²) in [5.41, 5.74) is 1.39. The van der Waals surface area contributed by atoms with E-state index in [0.717, 1.165) is 14.6 Å². The number of fused-ring (bicyclic) bond motifs is 1. The van der Waals surface area contributed by atoms with Gasteiger partial charge in [0.2, 0.25) is 5.91 Å². The summed E-state index contributed by atoms with van der Waals surface area (Å²) < 4.78 is 26.4. The molecule has 0 fully saturated rings. The van der Waals surface area contributed by atoms with Gasteiger partial charge in [0.05, 0.1) is 15.1 Å². The van der Waals surface area contributed by atoms with Gasteiger partial charge in [0, 0.05) is 10.7 Å². The first-order valence-corrected chi connectivity index (χ1v) is 11.2. The van der Waals surface area contributed by atoms with Gasteiger partial charge in [-0.05, 0) is 48.7 Å². The molecule has 3 rings (SSSR count). The van der Waals surface area contributed by atoms with E-state index in [4.69, 9.17) is 11.6 Å². The Morgan fingerprint density at radius 1 is 1.24 bits per heavy atom. The molecule has 2 aromatic carbocycles. The number of thiazole rings is 1. The van der Waals surface area contributed by atoms with Crippen LogP contribution in [0.2, 0.25) is 5.02 Å². The number of carbonyl (C=O) groups is 1. The lowest BCUT2D eigenvalue weighted by Gasteiger charge is -2.07. The summed E-state index contributed by atoms with van der Waals surface area (Å²) in [7, 11) is -3.72. The van der Waals surface area contributed by atoms with Gasteiger partial charge in [0.15, 0.2) is 14.2 Å². The molecule has 1 heterocycles. The van der Waals surface area contributed by atoms with Crippen molar-refractivity contribution < 1.29 is 13.2 Å². The molecular formula is C16H13ClN2O3S3. The molecule has 1 N–H and O–H groups in total. The van der Waals surface area contributed by atoms with E-state index in [-0.39, 0.29) is 4.90 Å². The molecule has 0 aliphatic carbocycles. The summed E-state index contributed by atoms with van der Waals surface area (Å²) in [5.74, 6) is -1.23. The number of sulfone groups is 1. The van der Waals surface area contributed by atoms with Gasteiger partial charge < -0.3 is 5.32 Å². The monoisotopic (exact) mass is 412 g/mol. The number of thioether (sulfide) groups is 1. The summed E-state index contributed by atoms with van der Waals surface area (Å²) in [5, 5.41) is 3.06. The van der Waals surface area contributed by atoms with E-state index >= 15 is 0 Å². The molecule has 1 amide bonds. The molecule has 0 spiro atoms. The van der Waals surface area contributed by atoms with E-state index < -0.39 is 21.5 Å². The second kappa shape index (κ2) is 7.33. The SMILES string of the molecule is CSc1nc2ccc(NC(=O)CS(=O)(=O)c3ccc(Cl)cc3)cc2s1. The van der Waals surface area contributed by atoms with Crippen molar-refractivity contribution in [3.63, 3.8) is 0 Å². The summed E-state index contributed by atoms with van der Waals surface area (Å²) in [6.07, 6.45) is 1.95. The van der Waals surface area contributed by atoms with Crippen LogP contribution in [0.3, 0.4) is 0 Å². The Morgan fingerprint density at radius 3 is 2.64 bits per heavy atom. The Bertz CT molecular complexity index is 1030. The molecule has 5 nitrogen and oxygen atoms in total. The van der Waals surface area contributed by atoms with Gasteiger partial charge >= 0.3 is 0 Å². The lowest BCUT2D eigenvalue weighted by atomic mass is 10.3. The van der Waals surface area contributed by atoms with Gasteiger partial charge in [-0.25, -0.2) is 13.4 Å². The third-order valence-electron chi connectivity index (χ3n) is 3.32. The lowest BCUT2D eigenvalue weighted by molar-refractivity contribution is -0.113. The van der Waals surface area contributed by atoms with Gasteiger partial charge in [0.25, 0.3) is 0 Å². The van der Waals surface area contributed by atoms with Crippen molar-refractivity contribution in [3.05, 3.63) is 47.5 Å². The molecule has 1 aromatic heterocycles. The molecule has 130 valence electrons. The van der Waals surface area contributed by atoms with Gasteiger partial charge in [0.1, 0.15) is 5.75 Å². The molecule has 0 atom stereocenters. The Labute approximate surface area is 158 Å². The Morgan fingerprint density at radius 2 is 1.96 bits per heavy atom. The number of hydrogen-bond acceptors (Lipinski definition) is 6. The average molecular weight is 413 g/mol. The first-order valence-electron chi connectivity index (χ1n) is 7.10. The van der Waals surface area contributed by atoms with Crippen molar-refractivity contribution in [1.29, 1.82) is 0 Å². The Kier molecular flexibility index (Phi) is 5.33. The van der Waals surface area contributed by atoms with E-state index in [0.29, 0.717) is 10.7 Å². The van der Waals surface area contributed by atoms with E-state index in [1.54, 1.807) is 30.0 Å². The quantitative estimate of drug-likeness (QED) is 0.639. The predicted octanol–water partition coefficient (Wildman–Crippen LogP) is 4.08. The highest BCUT2D eigenvalue weighted by atomic mass is 35.5. The van der Waals surface area contributed by atoms with Crippen LogP contribution in [0.15, 0.2) is 51.7 Å². The van der Waals surface area contributed by atoms with Crippen LogP contribution in [0, 0.1) is 0 Å². The molecule has 0 unspecified atom stereocenters. The van der Waals surface area contributed by atoms with Crippen LogP contribution in [0.1, 0.15) is 0 Å². The van der Waals surface area contributed by atoms with Crippen molar-refractivity contribution in [1.82, 2.24) is 4.98 Å². The number of nitrogens with zero attached hydrogens (tertiary/aromatic N) is 1. The van der Waals surface area contributed by atoms with Crippen molar-refractivity contribution >= 4 is 66.3 Å². The smallest absolute Gasteiger partial charge is 0.239 e. The number of rotatable bonds is 5. The predicted molar refractivity (Wildman–Crippen MR) is 104 cm³/mol. The highest BCUT2D eigenvalue weighted by molar-refractivity contribution is 8.00. The van der Waals surface area contributed by atoms with E-state index in [1.807, 2.05) is 6.26 Å². The van der Waals surface area contributed by atoms with Crippen LogP contribution in [0.25, 0.3) is 10.2 Å². The molecule has 0 bridgehead atoms. The standard InChI is InChI=1S/C16H13ClN2O3S3/c1-23-16-19-13-7-4-11(8-14(13)24-16)18-15(20)9-25(21,22)12-5-2-10(17)3-6-12/h2-8H,9H2,1H3,(H,18,20). The third kappa shape index (κ3) is 4.33. The third-order valence-corrected chi connectivity index (χ3v) is 7.21. The van der Waals surface area contributed by atoms with Crippen LogP contribution >= 0.6 is 34.7 Å². The number of anilines is 1. The van der Waals surface area contributed by atoms with Crippen LogP contribution < -0.4 is 5.32 Å². The van der Waals surface area contributed by atoms with Crippen molar-refractivity contribution in [3.8, 4) is 0 Å². The maximum Gasteiger partial charge on any atom is 0.239 e. The average Bonchev–Trinajstić information content (AvgIpc) is 2.97. The first kappa shape index (κ1) is 18.2.